The van der Waals surface area contributed by atoms with E-state index in [1.807, 2.05) is 0 Å². The third-order valence-electron chi connectivity index (χ3n) is 0.774. The normalized spacial score (nSPS) is 12.2. The summed E-state index contributed by atoms with van der Waals surface area (Å²) in [7, 11) is -3.12. The second kappa shape index (κ2) is 4.01. The highest BCUT2D eigenvalue weighted by molar-refractivity contribution is 7.72. The van der Waals surface area contributed by atoms with Crippen molar-refractivity contribution >= 4 is 21.3 Å². The molecule has 6 nitrogen and oxygen atoms in total. The van der Waals surface area contributed by atoms with Crippen LogP contribution >= 0.6 is 0 Å². The number of carbonyl (C=O) groups is 1. The Morgan fingerprint density at radius 1 is 1.45 bits per heavy atom. The Bertz CT molecular complexity index is 274. The number of hydrogen-bond donors (Lipinski definition) is 3. The van der Waals surface area contributed by atoms with Crippen molar-refractivity contribution < 1.29 is 27.9 Å². The van der Waals surface area contributed by atoms with Crippen molar-refractivity contribution in [1.29, 1.82) is 0 Å². The number of aliphatic hydroxyl groups excluding tert-OH is 1. The van der Waals surface area contributed by atoms with E-state index in [1.165, 1.54) is 0 Å². The van der Waals surface area contributed by atoms with Crippen LogP contribution in [0.5, 0.6) is 0 Å². The van der Waals surface area contributed by atoms with Crippen LogP contribution in [-0.4, -0.2) is 35.7 Å². The highest BCUT2D eigenvalue weighted by atomic mass is 32.2. The van der Waals surface area contributed by atoms with Gasteiger partial charge in [0.25, 0.3) is 0 Å². The molecule has 64 valence electrons. The molecule has 11 heavy (non-hydrogen) atoms. The lowest BCUT2D eigenvalue weighted by atomic mass is 10.3. The van der Waals surface area contributed by atoms with Gasteiger partial charge in [0.2, 0.25) is 15.3 Å². The molecule has 0 fully saturated rings. The first-order chi connectivity index (χ1) is 5.00. The molecule has 8 heteroatoms. The zero-order valence-electron chi connectivity index (χ0n) is 4.98. The fourth-order valence-corrected chi connectivity index (χ4v) is 0.633. The van der Waals surface area contributed by atoms with Gasteiger partial charge in [0.1, 0.15) is 0 Å². The van der Waals surface area contributed by atoms with E-state index in [0.717, 1.165) is 0 Å². The fourth-order valence-electron chi connectivity index (χ4n) is 0.295. The molecule has 0 saturated carbocycles. The molecule has 0 spiro atoms. The average molecular weight is 185 g/mol. The van der Waals surface area contributed by atoms with Crippen LogP contribution in [-0.2, 0) is 15.1 Å². The summed E-state index contributed by atoms with van der Waals surface area (Å²) in [5.41, 5.74) is 0.603. The number of carboxylic acids is 1. The van der Waals surface area contributed by atoms with Crippen molar-refractivity contribution in [3.05, 3.63) is 0 Å². The fraction of sp³-hybridized carbons (Fsp3) is 0.333. The monoisotopic (exact) mass is 185 g/mol. The summed E-state index contributed by atoms with van der Waals surface area (Å²) in [6.45, 7) is 0. The zero-order chi connectivity index (χ0) is 9.02. The first kappa shape index (κ1) is 10.0. The number of hydrogen-bond acceptors (Lipinski definition) is 4. The summed E-state index contributed by atoms with van der Waals surface area (Å²) >= 11 is 0. The van der Waals surface area contributed by atoms with Crippen LogP contribution in [0.25, 0.3) is 0 Å². The number of rotatable bonds is 3. The maximum Gasteiger partial charge on any atom is 0.331 e. The molecule has 0 radical (unpaired) electrons. The van der Waals surface area contributed by atoms with E-state index in [1.54, 1.807) is 0 Å². The standard InChI is InChI=1S/C3H4FNO5S/c4-5-1(2(6)7)3(8)11(9)10/h1,5,8H,(H,6,7)/t1-/m1/s1. The van der Waals surface area contributed by atoms with E-state index >= 15 is 0 Å². The van der Waals surface area contributed by atoms with Gasteiger partial charge in [-0.2, -0.15) is 8.42 Å². The molecular weight excluding hydrogens is 181 g/mol. The lowest BCUT2D eigenvalue weighted by Gasteiger charge is -2.01. The predicted octanol–water partition coefficient (Wildman–Crippen LogP) is -1.52. The molecule has 0 aliphatic carbocycles. The summed E-state index contributed by atoms with van der Waals surface area (Å²) in [6.07, 6.45) is 0. The lowest BCUT2D eigenvalue weighted by Crippen LogP contribution is -2.39. The summed E-state index contributed by atoms with van der Waals surface area (Å²) in [4.78, 5) is 9.92. The van der Waals surface area contributed by atoms with Gasteiger partial charge in [-0.05, 0) is 0 Å². The summed E-state index contributed by atoms with van der Waals surface area (Å²) in [5.74, 6) is -1.82. The van der Waals surface area contributed by atoms with Gasteiger partial charge >= 0.3 is 5.97 Å². The molecule has 0 heterocycles. The average Bonchev–Trinajstić information content (AvgIpc) is 1.88. The van der Waals surface area contributed by atoms with Crippen LogP contribution in [0.2, 0.25) is 0 Å². The van der Waals surface area contributed by atoms with E-state index in [2.05, 4.69) is 0 Å². The Hall–Kier alpha value is -0.990. The molecule has 0 aliphatic heterocycles. The van der Waals surface area contributed by atoms with Crippen molar-refractivity contribution in [2.75, 3.05) is 0 Å². The van der Waals surface area contributed by atoms with Gasteiger partial charge in [0.05, 0.1) is 0 Å². The second-order valence-electron chi connectivity index (χ2n) is 1.45. The van der Waals surface area contributed by atoms with Crippen LogP contribution in [0.15, 0.2) is 0 Å². The van der Waals surface area contributed by atoms with E-state index in [-0.39, 0.29) is 0 Å². The van der Waals surface area contributed by atoms with Crippen molar-refractivity contribution in [3.63, 3.8) is 0 Å². The molecule has 0 saturated heterocycles. The minimum absolute atomic E-state index is 0.603. The van der Waals surface area contributed by atoms with Gasteiger partial charge < -0.3 is 10.2 Å². The third kappa shape index (κ3) is 2.62. The summed E-state index contributed by atoms with van der Waals surface area (Å²) in [5, 5.41) is 14.9. The van der Waals surface area contributed by atoms with Gasteiger partial charge in [0.15, 0.2) is 6.04 Å². The third-order valence-corrected chi connectivity index (χ3v) is 1.35. The van der Waals surface area contributed by atoms with Crippen molar-refractivity contribution in [2.24, 2.45) is 0 Å². The van der Waals surface area contributed by atoms with Gasteiger partial charge in [0, 0.05) is 0 Å². The molecule has 0 unspecified atom stereocenters. The molecule has 0 bridgehead atoms. The number of carboxylic acid groups (broad SMARTS) is 1. The molecule has 1 atom stereocenters. The topological polar surface area (TPSA) is 104 Å². The Morgan fingerprint density at radius 3 is 2.00 bits per heavy atom. The first-order valence-electron chi connectivity index (χ1n) is 2.24. The number of halogens is 1. The molecule has 3 N–H and O–H groups in total. The largest absolute Gasteiger partial charge is 0.480 e. The second-order valence-corrected chi connectivity index (χ2v) is 2.34. The molecule has 0 aliphatic rings. The van der Waals surface area contributed by atoms with Crippen molar-refractivity contribution in [1.82, 2.24) is 5.54 Å². The van der Waals surface area contributed by atoms with Crippen LogP contribution in [0.1, 0.15) is 0 Å². The maximum absolute atomic E-state index is 11.4. The molecule has 0 amide bonds. The smallest absolute Gasteiger partial charge is 0.331 e. The summed E-state index contributed by atoms with van der Waals surface area (Å²) in [6, 6.07) is -2.23. The van der Waals surface area contributed by atoms with Crippen LogP contribution in [0, 0.1) is 0 Å². The first-order valence-corrected chi connectivity index (χ1v) is 3.32. The van der Waals surface area contributed by atoms with Crippen molar-refractivity contribution in [3.8, 4) is 0 Å². The lowest BCUT2D eigenvalue weighted by molar-refractivity contribution is -0.138. The Morgan fingerprint density at radius 2 is 1.91 bits per heavy atom. The highest BCUT2D eigenvalue weighted by Gasteiger charge is 2.23. The van der Waals surface area contributed by atoms with Crippen LogP contribution in [0.4, 0.5) is 4.48 Å². The van der Waals surface area contributed by atoms with Crippen LogP contribution in [0.3, 0.4) is 0 Å². The molecular formula is C3H4FNO5S. The maximum atomic E-state index is 11.4. The van der Waals surface area contributed by atoms with Gasteiger partial charge in [-0.15, -0.1) is 10.0 Å². The highest BCUT2D eigenvalue weighted by Crippen LogP contribution is 1.84. The SMILES string of the molecule is O=C(O)[C@@H](NF)C(O)=S(=O)=O. The van der Waals surface area contributed by atoms with E-state index in [0.29, 0.717) is 5.54 Å². The van der Waals surface area contributed by atoms with Crippen molar-refractivity contribution in [2.45, 2.75) is 6.04 Å². The molecule has 0 rings (SSSR count). The van der Waals surface area contributed by atoms with Gasteiger partial charge in [-0.1, -0.05) is 0 Å². The quantitative estimate of drug-likeness (QED) is 0.364. The van der Waals surface area contributed by atoms with E-state index in [9.17, 15) is 17.7 Å². The molecule has 0 aromatic carbocycles. The molecule has 0 aromatic heterocycles. The van der Waals surface area contributed by atoms with Gasteiger partial charge in [-0.25, -0.2) is 4.79 Å². The zero-order valence-corrected chi connectivity index (χ0v) is 5.80. The van der Waals surface area contributed by atoms with Crippen LogP contribution < -0.4 is 5.54 Å². The Labute approximate surface area is 61.7 Å². The predicted molar refractivity (Wildman–Crippen MR) is 32.2 cm³/mol. The minimum Gasteiger partial charge on any atom is -0.480 e. The Kier molecular flexibility index (Phi) is 3.65. The van der Waals surface area contributed by atoms with Gasteiger partial charge in [-0.3, -0.25) is 0 Å². The van der Waals surface area contributed by atoms with E-state index in [4.69, 9.17) is 10.2 Å². The molecule has 0 aromatic rings. The number of nitrogens with one attached hydrogen (secondary N) is 1. The van der Waals surface area contributed by atoms with E-state index < -0.39 is 27.4 Å². The number of aliphatic hydroxyl groups is 1. The number of aliphatic carboxylic acids is 1. The minimum atomic E-state index is -3.12. The Balaban J connectivity index is 4.82. The summed E-state index contributed by atoms with van der Waals surface area (Å²) < 4.78 is 31.1.